The molecule has 0 spiro atoms. The lowest BCUT2D eigenvalue weighted by atomic mass is 10.1. The number of ether oxygens (including phenoxy) is 3. The number of carbonyl (C=O) groups excluding carboxylic acids is 1. The molecule has 0 radical (unpaired) electrons. The SMILES string of the molecule is COc1ccc(CN(C)C(=O)C(C)Oc2cc(C)ccc2C)cc1OC. The Balaban J connectivity index is 2.05. The Labute approximate surface area is 155 Å². The molecule has 1 unspecified atom stereocenters. The van der Waals surface area contributed by atoms with E-state index < -0.39 is 6.10 Å². The van der Waals surface area contributed by atoms with Crippen LogP contribution in [0.1, 0.15) is 23.6 Å². The van der Waals surface area contributed by atoms with Gasteiger partial charge in [0.25, 0.3) is 5.91 Å². The first-order valence-electron chi connectivity index (χ1n) is 8.55. The summed E-state index contributed by atoms with van der Waals surface area (Å²) < 4.78 is 16.5. The van der Waals surface area contributed by atoms with Gasteiger partial charge in [-0.3, -0.25) is 4.79 Å². The molecule has 0 N–H and O–H groups in total. The summed E-state index contributed by atoms with van der Waals surface area (Å²) in [4.78, 5) is 14.3. The summed E-state index contributed by atoms with van der Waals surface area (Å²) in [6, 6.07) is 11.6. The highest BCUT2D eigenvalue weighted by Crippen LogP contribution is 2.28. The molecule has 0 fully saturated rings. The molecule has 0 saturated carbocycles. The number of carbonyl (C=O) groups is 1. The van der Waals surface area contributed by atoms with Gasteiger partial charge < -0.3 is 19.1 Å². The minimum Gasteiger partial charge on any atom is -0.493 e. The number of hydrogen-bond donors (Lipinski definition) is 0. The van der Waals surface area contributed by atoms with Crippen LogP contribution in [-0.4, -0.2) is 38.2 Å². The van der Waals surface area contributed by atoms with Gasteiger partial charge in [-0.05, 0) is 55.7 Å². The van der Waals surface area contributed by atoms with Gasteiger partial charge in [-0.1, -0.05) is 18.2 Å². The van der Waals surface area contributed by atoms with Crippen LogP contribution in [-0.2, 0) is 11.3 Å². The van der Waals surface area contributed by atoms with Crippen LogP contribution >= 0.6 is 0 Å². The van der Waals surface area contributed by atoms with Gasteiger partial charge >= 0.3 is 0 Å². The summed E-state index contributed by atoms with van der Waals surface area (Å²) in [6.07, 6.45) is -0.569. The minimum atomic E-state index is -0.569. The lowest BCUT2D eigenvalue weighted by molar-refractivity contribution is -0.137. The molecule has 0 aromatic heterocycles. The summed E-state index contributed by atoms with van der Waals surface area (Å²) in [5.41, 5.74) is 3.07. The maximum Gasteiger partial charge on any atom is 0.263 e. The van der Waals surface area contributed by atoms with E-state index in [9.17, 15) is 4.79 Å². The second-order valence-corrected chi connectivity index (χ2v) is 6.41. The molecule has 26 heavy (non-hydrogen) atoms. The van der Waals surface area contributed by atoms with Crippen LogP contribution in [0.2, 0.25) is 0 Å². The molecule has 5 heteroatoms. The van der Waals surface area contributed by atoms with Crippen molar-refractivity contribution in [3.05, 3.63) is 53.1 Å². The van der Waals surface area contributed by atoms with Crippen LogP contribution in [0.4, 0.5) is 0 Å². The quantitative estimate of drug-likeness (QED) is 0.757. The Bertz CT molecular complexity index is 773. The molecule has 0 aliphatic rings. The van der Waals surface area contributed by atoms with E-state index in [0.29, 0.717) is 18.0 Å². The fourth-order valence-electron chi connectivity index (χ4n) is 2.72. The predicted molar refractivity (Wildman–Crippen MR) is 102 cm³/mol. The van der Waals surface area contributed by atoms with Crippen molar-refractivity contribution in [2.45, 2.75) is 33.4 Å². The van der Waals surface area contributed by atoms with Gasteiger partial charge in [-0.25, -0.2) is 0 Å². The highest BCUT2D eigenvalue weighted by molar-refractivity contribution is 5.80. The van der Waals surface area contributed by atoms with Gasteiger partial charge in [-0.15, -0.1) is 0 Å². The Morgan fingerprint density at radius 1 is 1.00 bits per heavy atom. The van der Waals surface area contributed by atoms with Crippen LogP contribution in [0.25, 0.3) is 0 Å². The standard InChI is InChI=1S/C21H27NO4/c1-14-7-8-15(2)19(11-14)26-16(3)21(23)22(4)13-17-9-10-18(24-5)20(12-17)25-6/h7-12,16H,13H2,1-6H3. The van der Waals surface area contributed by atoms with E-state index in [1.54, 1.807) is 33.1 Å². The summed E-state index contributed by atoms with van der Waals surface area (Å²) >= 11 is 0. The van der Waals surface area contributed by atoms with Crippen molar-refractivity contribution >= 4 is 5.91 Å². The normalized spacial score (nSPS) is 11.6. The third kappa shape index (κ3) is 4.69. The smallest absolute Gasteiger partial charge is 0.263 e. The van der Waals surface area contributed by atoms with Crippen molar-refractivity contribution in [3.63, 3.8) is 0 Å². The molecule has 2 rings (SSSR count). The first-order chi connectivity index (χ1) is 12.3. The molecule has 140 valence electrons. The van der Waals surface area contributed by atoms with Gasteiger partial charge in [0.15, 0.2) is 17.6 Å². The third-order valence-corrected chi connectivity index (χ3v) is 4.24. The van der Waals surface area contributed by atoms with E-state index in [2.05, 4.69) is 0 Å². The number of rotatable bonds is 7. The van der Waals surface area contributed by atoms with Gasteiger partial charge in [-0.2, -0.15) is 0 Å². The van der Waals surface area contributed by atoms with E-state index in [-0.39, 0.29) is 5.91 Å². The van der Waals surface area contributed by atoms with Crippen molar-refractivity contribution < 1.29 is 19.0 Å². The number of nitrogens with zero attached hydrogens (tertiary/aromatic N) is 1. The van der Waals surface area contributed by atoms with E-state index >= 15 is 0 Å². The molecule has 1 atom stereocenters. The average Bonchev–Trinajstić information content (AvgIpc) is 2.63. The molecule has 2 aromatic rings. The van der Waals surface area contributed by atoms with Gasteiger partial charge in [0.2, 0.25) is 0 Å². The molecule has 1 amide bonds. The Morgan fingerprint density at radius 3 is 2.35 bits per heavy atom. The van der Waals surface area contributed by atoms with E-state index in [1.807, 2.05) is 50.2 Å². The maximum absolute atomic E-state index is 12.7. The first kappa shape index (κ1) is 19.6. The highest BCUT2D eigenvalue weighted by Gasteiger charge is 2.20. The second-order valence-electron chi connectivity index (χ2n) is 6.41. The second kappa shape index (κ2) is 8.61. The van der Waals surface area contributed by atoms with Crippen LogP contribution in [0, 0.1) is 13.8 Å². The Hall–Kier alpha value is -2.69. The number of methoxy groups -OCH3 is 2. The summed E-state index contributed by atoms with van der Waals surface area (Å²) in [5, 5.41) is 0. The fourth-order valence-corrected chi connectivity index (χ4v) is 2.72. The van der Waals surface area contributed by atoms with Crippen LogP contribution in [0.5, 0.6) is 17.2 Å². The number of benzene rings is 2. The molecular formula is C21H27NO4. The number of hydrogen-bond acceptors (Lipinski definition) is 4. The zero-order valence-electron chi connectivity index (χ0n) is 16.3. The third-order valence-electron chi connectivity index (χ3n) is 4.24. The summed E-state index contributed by atoms with van der Waals surface area (Å²) in [5.74, 6) is 1.97. The summed E-state index contributed by atoms with van der Waals surface area (Å²) in [7, 11) is 4.96. The van der Waals surface area contributed by atoms with E-state index in [1.165, 1.54) is 0 Å². The van der Waals surface area contributed by atoms with Crippen molar-refractivity contribution in [1.82, 2.24) is 4.90 Å². The molecule has 0 aliphatic carbocycles. The zero-order valence-corrected chi connectivity index (χ0v) is 16.3. The van der Waals surface area contributed by atoms with Gasteiger partial charge in [0.05, 0.1) is 14.2 Å². The molecule has 2 aromatic carbocycles. The van der Waals surface area contributed by atoms with Crippen LogP contribution in [0.3, 0.4) is 0 Å². The fraction of sp³-hybridized carbons (Fsp3) is 0.381. The predicted octanol–water partition coefficient (Wildman–Crippen LogP) is 3.75. The van der Waals surface area contributed by atoms with Crippen LogP contribution < -0.4 is 14.2 Å². The number of aryl methyl sites for hydroxylation is 2. The summed E-state index contributed by atoms with van der Waals surface area (Å²) in [6.45, 7) is 6.20. The van der Waals surface area contributed by atoms with Gasteiger partial charge in [0, 0.05) is 13.6 Å². The average molecular weight is 357 g/mol. The Morgan fingerprint density at radius 2 is 1.69 bits per heavy atom. The Kier molecular flexibility index (Phi) is 6.50. The van der Waals surface area contributed by atoms with E-state index in [4.69, 9.17) is 14.2 Å². The largest absolute Gasteiger partial charge is 0.493 e. The van der Waals surface area contributed by atoms with Crippen molar-refractivity contribution in [2.75, 3.05) is 21.3 Å². The number of likely N-dealkylation sites (N-methyl/N-ethyl adjacent to an activating group) is 1. The van der Waals surface area contributed by atoms with Crippen molar-refractivity contribution in [2.24, 2.45) is 0 Å². The topological polar surface area (TPSA) is 48.0 Å². The molecule has 0 aliphatic heterocycles. The minimum absolute atomic E-state index is 0.0827. The molecular weight excluding hydrogens is 330 g/mol. The highest BCUT2D eigenvalue weighted by atomic mass is 16.5. The molecule has 0 bridgehead atoms. The number of amides is 1. The maximum atomic E-state index is 12.7. The van der Waals surface area contributed by atoms with Crippen molar-refractivity contribution in [3.8, 4) is 17.2 Å². The molecule has 5 nitrogen and oxygen atoms in total. The zero-order chi connectivity index (χ0) is 19.3. The van der Waals surface area contributed by atoms with Crippen molar-refractivity contribution in [1.29, 1.82) is 0 Å². The molecule has 0 heterocycles. The first-order valence-corrected chi connectivity index (χ1v) is 8.55. The lowest BCUT2D eigenvalue weighted by Crippen LogP contribution is -2.37. The van der Waals surface area contributed by atoms with Crippen LogP contribution in [0.15, 0.2) is 36.4 Å². The molecule has 0 saturated heterocycles. The monoisotopic (exact) mass is 357 g/mol. The van der Waals surface area contributed by atoms with E-state index in [0.717, 1.165) is 22.4 Å². The lowest BCUT2D eigenvalue weighted by Gasteiger charge is -2.23. The van der Waals surface area contributed by atoms with Gasteiger partial charge in [0.1, 0.15) is 5.75 Å².